The third-order valence-electron chi connectivity index (χ3n) is 3.78. The third kappa shape index (κ3) is 5.60. The van der Waals surface area contributed by atoms with Crippen LogP contribution in [0.15, 0.2) is 46.5 Å². The second-order valence-corrected chi connectivity index (χ2v) is 6.70. The molecule has 25 heavy (non-hydrogen) atoms. The molecule has 1 N–H and O–H groups in total. The van der Waals surface area contributed by atoms with Crippen LogP contribution in [0.1, 0.15) is 34.3 Å². The summed E-state index contributed by atoms with van der Waals surface area (Å²) in [6.07, 6.45) is 2.50. The van der Waals surface area contributed by atoms with E-state index in [1.54, 1.807) is 18.3 Å². The Morgan fingerprint density at radius 2 is 2.00 bits per heavy atom. The molecule has 1 amide bonds. The molecule has 0 atom stereocenters. The number of hydrogen-bond donors (Lipinski definition) is 1. The first-order valence-corrected chi connectivity index (χ1v) is 8.88. The molecule has 132 valence electrons. The molecule has 1 aromatic heterocycles. The SMILES string of the molecule is COC(=O)CCCNC(=O)c1cccnc1Sc1ccc(C)c(C)c1. The number of nitrogens with one attached hydrogen (secondary N) is 1. The molecule has 1 aromatic carbocycles. The van der Waals surface area contributed by atoms with Crippen LogP contribution < -0.4 is 5.32 Å². The van der Waals surface area contributed by atoms with Crippen molar-refractivity contribution in [3.63, 3.8) is 0 Å². The number of ether oxygens (including phenoxy) is 1. The summed E-state index contributed by atoms with van der Waals surface area (Å²) in [5.74, 6) is -0.467. The Morgan fingerprint density at radius 3 is 2.72 bits per heavy atom. The van der Waals surface area contributed by atoms with Crippen molar-refractivity contribution in [2.45, 2.75) is 36.6 Å². The van der Waals surface area contributed by atoms with Crippen molar-refractivity contribution in [1.29, 1.82) is 0 Å². The highest BCUT2D eigenvalue weighted by Gasteiger charge is 2.13. The van der Waals surface area contributed by atoms with Gasteiger partial charge >= 0.3 is 5.97 Å². The third-order valence-corrected chi connectivity index (χ3v) is 4.79. The monoisotopic (exact) mass is 358 g/mol. The molecule has 0 aliphatic carbocycles. The fourth-order valence-electron chi connectivity index (χ4n) is 2.17. The summed E-state index contributed by atoms with van der Waals surface area (Å²) in [6, 6.07) is 9.68. The Labute approximate surface area is 152 Å². The minimum absolute atomic E-state index is 0.190. The second-order valence-electron chi connectivity index (χ2n) is 5.64. The second kappa shape index (κ2) is 9.22. The van der Waals surface area contributed by atoms with E-state index in [2.05, 4.69) is 41.0 Å². The first-order chi connectivity index (χ1) is 12.0. The zero-order valence-corrected chi connectivity index (χ0v) is 15.5. The van der Waals surface area contributed by atoms with Gasteiger partial charge < -0.3 is 10.1 Å². The molecule has 2 rings (SSSR count). The minimum atomic E-state index is -0.276. The molecule has 0 spiro atoms. The van der Waals surface area contributed by atoms with Crippen LogP contribution in [-0.4, -0.2) is 30.5 Å². The van der Waals surface area contributed by atoms with Gasteiger partial charge in [-0.1, -0.05) is 17.8 Å². The zero-order valence-electron chi connectivity index (χ0n) is 14.7. The minimum Gasteiger partial charge on any atom is -0.469 e. The Morgan fingerprint density at radius 1 is 1.20 bits per heavy atom. The molecular weight excluding hydrogens is 336 g/mol. The topological polar surface area (TPSA) is 68.3 Å². The van der Waals surface area contributed by atoms with E-state index in [0.29, 0.717) is 23.6 Å². The summed E-state index contributed by atoms with van der Waals surface area (Å²) in [7, 11) is 1.35. The summed E-state index contributed by atoms with van der Waals surface area (Å²) < 4.78 is 4.58. The van der Waals surface area contributed by atoms with Crippen molar-refractivity contribution < 1.29 is 14.3 Å². The van der Waals surface area contributed by atoms with E-state index in [0.717, 1.165) is 4.90 Å². The molecule has 0 saturated heterocycles. The molecule has 2 aromatic rings. The van der Waals surface area contributed by atoms with Crippen molar-refractivity contribution in [2.75, 3.05) is 13.7 Å². The number of carbonyl (C=O) groups is 2. The van der Waals surface area contributed by atoms with E-state index in [4.69, 9.17) is 0 Å². The number of benzene rings is 1. The fraction of sp³-hybridized carbons (Fsp3) is 0.316. The van der Waals surface area contributed by atoms with Crippen molar-refractivity contribution >= 4 is 23.6 Å². The van der Waals surface area contributed by atoms with Crippen LogP contribution in [0.3, 0.4) is 0 Å². The number of esters is 1. The predicted molar refractivity (Wildman–Crippen MR) is 97.9 cm³/mol. The van der Waals surface area contributed by atoms with Crippen LogP contribution in [0.2, 0.25) is 0 Å². The average Bonchev–Trinajstić information content (AvgIpc) is 2.62. The quantitative estimate of drug-likeness (QED) is 0.606. The van der Waals surface area contributed by atoms with Gasteiger partial charge in [-0.3, -0.25) is 9.59 Å². The number of carbonyl (C=O) groups excluding carboxylic acids is 2. The van der Waals surface area contributed by atoms with Crippen LogP contribution in [0.4, 0.5) is 0 Å². The van der Waals surface area contributed by atoms with Gasteiger partial charge in [0, 0.05) is 24.1 Å². The van der Waals surface area contributed by atoms with Gasteiger partial charge in [0.15, 0.2) is 0 Å². The molecule has 0 saturated carbocycles. The molecule has 0 aliphatic rings. The summed E-state index contributed by atoms with van der Waals surface area (Å²) in [4.78, 5) is 28.9. The number of aromatic nitrogens is 1. The van der Waals surface area contributed by atoms with Gasteiger partial charge in [-0.25, -0.2) is 4.98 Å². The molecule has 0 radical (unpaired) electrons. The molecule has 0 unspecified atom stereocenters. The summed E-state index contributed by atoms with van der Waals surface area (Å²) in [5.41, 5.74) is 2.97. The van der Waals surface area contributed by atoms with Gasteiger partial charge in [0.25, 0.3) is 5.91 Å². The van der Waals surface area contributed by atoms with E-state index >= 15 is 0 Å². The van der Waals surface area contributed by atoms with Crippen LogP contribution in [0.25, 0.3) is 0 Å². The first kappa shape index (κ1) is 19.0. The van der Waals surface area contributed by atoms with E-state index in [9.17, 15) is 9.59 Å². The number of hydrogen-bond acceptors (Lipinski definition) is 5. The van der Waals surface area contributed by atoms with Crippen LogP contribution in [0, 0.1) is 13.8 Å². The number of aryl methyl sites for hydroxylation is 2. The van der Waals surface area contributed by atoms with E-state index in [-0.39, 0.29) is 18.3 Å². The Bertz CT molecular complexity index is 762. The van der Waals surface area contributed by atoms with Crippen molar-refractivity contribution in [3.05, 3.63) is 53.2 Å². The highest BCUT2D eigenvalue weighted by molar-refractivity contribution is 7.99. The average molecular weight is 358 g/mol. The fourth-order valence-corrected chi connectivity index (χ4v) is 3.15. The van der Waals surface area contributed by atoms with Crippen molar-refractivity contribution in [1.82, 2.24) is 10.3 Å². The van der Waals surface area contributed by atoms with E-state index in [1.807, 2.05) is 6.07 Å². The Hall–Kier alpha value is -2.34. The van der Waals surface area contributed by atoms with Gasteiger partial charge in [-0.15, -0.1) is 0 Å². The maximum Gasteiger partial charge on any atom is 0.305 e. The highest BCUT2D eigenvalue weighted by Crippen LogP contribution is 2.29. The van der Waals surface area contributed by atoms with Crippen LogP contribution >= 0.6 is 11.8 Å². The van der Waals surface area contributed by atoms with Crippen molar-refractivity contribution in [2.24, 2.45) is 0 Å². The molecular formula is C19H22N2O3S. The number of amides is 1. The number of rotatable bonds is 7. The summed E-state index contributed by atoms with van der Waals surface area (Å²) >= 11 is 1.47. The largest absolute Gasteiger partial charge is 0.469 e. The van der Waals surface area contributed by atoms with Crippen molar-refractivity contribution in [3.8, 4) is 0 Å². The maximum atomic E-state index is 12.4. The summed E-state index contributed by atoms with van der Waals surface area (Å²) in [6.45, 7) is 4.54. The van der Waals surface area contributed by atoms with Gasteiger partial charge in [0.05, 0.1) is 12.7 Å². The highest BCUT2D eigenvalue weighted by atomic mass is 32.2. The van der Waals surface area contributed by atoms with Gasteiger partial charge in [0.2, 0.25) is 0 Å². The van der Waals surface area contributed by atoms with E-state index in [1.165, 1.54) is 30.0 Å². The molecule has 5 nitrogen and oxygen atoms in total. The van der Waals surface area contributed by atoms with Gasteiger partial charge in [-0.2, -0.15) is 0 Å². The molecule has 0 fully saturated rings. The molecule has 1 heterocycles. The Kier molecular flexibility index (Phi) is 7.01. The molecule has 0 aliphatic heterocycles. The first-order valence-electron chi connectivity index (χ1n) is 8.06. The van der Waals surface area contributed by atoms with Crippen LogP contribution in [-0.2, 0) is 9.53 Å². The lowest BCUT2D eigenvalue weighted by molar-refractivity contribution is -0.140. The zero-order chi connectivity index (χ0) is 18.2. The molecule has 6 heteroatoms. The lowest BCUT2D eigenvalue weighted by Gasteiger charge is -2.10. The smallest absolute Gasteiger partial charge is 0.305 e. The van der Waals surface area contributed by atoms with Gasteiger partial charge in [-0.05, 0) is 55.7 Å². The van der Waals surface area contributed by atoms with Crippen LogP contribution in [0.5, 0.6) is 0 Å². The normalized spacial score (nSPS) is 10.4. The number of methoxy groups -OCH3 is 1. The molecule has 0 bridgehead atoms. The number of nitrogens with zero attached hydrogens (tertiary/aromatic N) is 1. The Balaban J connectivity index is 2.02. The maximum absolute atomic E-state index is 12.4. The lowest BCUT2D eigenvalue weighted by Crippen LogP contribution is -2.25. The summed E-state index contributed by atoms with van der Waals surface area (Å²) in [5, 5.41) is 3.49. The van der Waals surface area contributed by atoms with E-state index < -0.39 is 0 Å². The standard InChI is InChI=1S/C19H22N2O3S/c1-13-8-9-15(12-14(13)2)25-19-16(6-4-11-21-19)18(23)20-10-5-7-17(22)24-3/h4,6,8-9,11-12H,5,7,10H2,1-3H3,(H,20,23). The lowest BCUT2D eigenvalue weighted by atomic mass is 10.1. The predicted octanol–water partition coefficient (Wildman–Crippen LogP) is 3.53. The van der Waals surface area contributed by atoms with Gasteiger partial charge in [0.1, 0.15) is 5.03 Å². The number of pyridine rings is 1.